The predicted molar refractivity (Wildman–Crippen MR) is 73.2 cm³/mol. The average molecular weight is 341 g/mol. The maximum absolute atomic E-state index is 11.7. The van der Waals surface area contributed by atoms with Gasteiger partial charge in [-0.2, -0.15) is 0 Å². The second-order valence-corrected chi connectivity index (χ2v) is 5.12. The van der Waals surface area contributed by atoms with Gasteiger partial charge in [-0.25, -0.2) is 9.78 Å². The molecule has 0 fully saturated rings. The van der Waals surface area contributed by atoms with E-state index in [1.165, 1.54) is 17.4 Å². The number of halogens is 1. The zero-order chi connectivity index (χ0) is 13.8. The number of aromatic nitrogens is 1. The first-order valence-corrected chi connectivity index (χ1v) is 6.72. The van der Waals surface area contributed by atoms with Crippen LogP contribution in [0.5, 0.6) is 0 Å². The van der Waals surface area contributed by atoms with Gasteiger partial charge in [0.15, 0.2) is 5.13 Å². The van der Waals surface area contributed by atoms with Crippen molar-refractivity contribution in [2.45, 2.75) is 0 Å². The predicted octanol–water partition coefficient (Wildman–Crippen LogP) is 1.91. The molecule has 0 spiro atoms. The minimum absolute atomic E-state index is 0.108. The van der Waals surface area contributed by atoms with E-state index in [-0.39, 0.29) is 11.3 Å². The highest BCUT2D eigenvalue weighted by molar-refractivity contribution is 9.10. The molecule has 2 N–H and O–H groups in total. The lowest BCUT2D eigenvalue weighted by Gasteiger charge is -2.13. The van der Waals surface area contributed by atoms with Crippen LogP contribution in [0.4, 0.5) is 15.6 Å². The molecule has 19 heavy (non-hydrogen) atoms. The van der Waals surface area contributed by atoms with E-state index in [0.717, 1.165) is 0 Å². The topological polar surface area (TPSA) is 94.2 Å². The Hall–Kier alpha value is -1.93. The number of hydrogen-bond donors (Lipinski definition) is 2. The number of hydrogen-bond acceptors (Lipinski definition) is 5. The lowest BCUT2D eigenvalue weighted by Crippen LogP contribution is -2.26. The molecule has 0 atom stereocenters. The molecular weight excluding hydrogens is 334 g/mol. The Labute approximate surface area is 120 Å². The number of carboxylic acids is 1. The summed E-state index contributed by atoms with van der Waals surface area (Å²) >= 11 is 4.43. The number of para-hydroxylation sites is 1. The highest BCUT2D eigenvalue weighted by Crippen LogP contribution is 2.26. The Morgan fingerprint density at radius 3 is 2.74 bits per heavy atom. The number of nitrogens with zero attached hydrogens (tertiary/aromatic N) is 1. The molecule has 0 bridgehead atoms. The van der Waals surface area contributed by atoms with Crippen LogP contribution in [-0.4, -0.2) is 17.0 Å². The summed E-state index contributed by atoms with van der Waals surface area (Å²) < 4.78 is 0.448. The number of carbonyl (C=O) groups excluding carboxylic acids is 2. The van der Waals surface area contributed by atoms with Crippen molar-refractivity contribution in [3.63, 3.8) is 0 Å². The molecule has 2 rings (SSSR count). The van der Waals surface area contributed by atoms with Gasteiger partial charge >= 0.3 is 6.03 Å². The molecule has 1 aromatic carbocycles. The van der Waals surface area contributed by atoms with Crippen molar-refractivity contribution in [1.82, 2.24) is 4.98 Å². The smallest absolute Gasteiger partial charge is 0.325 e. The monoisotopic (exact) mass is 340 g/mol. The number of thiazole rings is 1. The summed E-state index contributed by atoms with van der Waals surface area (Å²) in [4.78, 5) is 26.6. The molecule has 0 radical (unpaired) electrons. The molecule has 1 heterocycles. The van der Waals surface area contributed by atoms with Gasteiger partial charge in [-0.3, -0.25) is 5.32 Å². The van der Waals surface area contributed by atoms with Crippen LogP contribution in [0, 0.1) is 0 Å². The summed E-state index contributed by atoms with van der Waals surface area (Å²) in [6.07, 6.45) is 1.55. The van der Waals surface area contributed by atoms with E-state index in [1.807, 2.05) is 0 Å². The van der Waals surface area contributed by atoms with E-state index in [2.05, 4.69) is 31.5 Å². The Balaban J connectivity index is 2.19. The average Bonchev–Trinajstić information content (AvgIpc) is 2.84. The maximum Gasteiger partial charge on any atom is 0.325 e. The van der Waals surface area contributed by atoms with Crippen molar-refractivity contribution < 1.29 is 14.7 Å². The molecule has 1 aromatic heterocycles. The van der Waals surface area contributed by atoms with Crippen LogP contribution in [-0.2, 0) is 0 Å². The third-order valence-electron chi connectivity index (χ3n) is 2.12. The Morgan fingerprint density at radius 2 is 2.11 bits per heavy atom. The molecule has 0 saturated heterocycles. The van der Waals surface area contributed by atoms with Crippen molar-refractivity contribution in [1.29, 1.82) is 0 Å². The van der Waals surface area contributed by atoms with Crippen molar-refractivity contribution in [2.24, 2.45) is 0 Å². The normalized spacial score (nSPS) is 9.95. The number of urea groups is 1. The number of benzene rings is 1. The number of anilines is 2. The number of carbonyl (C=O) groups is 2. The van der Waals surface area contributed by atoms with E-state index >= 15 is 0 Å². The summed E-state index contributed by atoms with van der Waals surface area (Å²) in [6.45, 7) is 0. The molecule has 0 aliphatic heterocycles. The van der Waals surface area contributed by atoms with Crippen LogP contribution in [0.1, 0.15) is 10.4 Å². The largest absolute Gasteiger partial charge is 0.545 e. The van der Waals surface area contributed by atoms with Crippen LogP contribution in [0.25, 0.3) is 0 Å². The lowest BCUT2D eigenvalue weighted by molar-refractivity contribution is -0.254. The first-order valence-electron chi connectivity index (χ1n) is 5.05. The number of carboxylic acid groups (broad SMARTS) is 1. The third kappa shape index (κ3) is 3.30. The minimum atomic E-state index is -1.37. The summed E-state index contributed by atoms with van der Waals surface area (Å²) in [5, 5.41) is 18.0. The number of aromatic carboxylic acids is 1. The minimum Gasteiger partial charge on any atom is -0.545 e. The van der Waals surface area contributed by atoms with Crippen LogP contribution in [0.3, 0.4) is 0 Å². The van der Waals surface area contributed by atoms with Crippen LogP contribution in [0.2, 0.25) is 0 Å². The number of amides is 2. The van der Waals surface area contributed by atoms with Gasteiger partial charge in [-0.05, 0) is 22.0 Å². The molecule has 2 aromatic rings. The summed E-state index contributed by atoms with van der Waals surface area (Å²) in [5.41, 5.74) is 0.0280. The fraction of sp³-hybridized carbons (Fsp3) is 0. The van der Waals surface area contributed by atoms with E-state index in [1.54, 1.807) is 23.7 Å². The molecule has 2 amide bonds. The zero-order valence-corrected chi connectivity index (χ0v) is 11.7. The molecule has 0 aliphatic rings. The van der Waals surface area contributed by atoms with Gasteiger partial charge in [0.05, 0.1) is 11.7 Å². The van der Waals surface area contributed by atoms with Crippen molar-refractivity contribution in [3.05, 3.63) is 39.8 Å². The van der Waals surface area contributed by atoms with Crippen molar-refractivity contribution in [2.75, 3.05) is 10.6 Å². The molecule has 0 saturated carbocycles. The van der Waals surface area contributed by atoms with E-state index < -0.39 is 12.0 Å². The SMILES string of the molecule is O=C(Nc1nccs1)Nc1c(Br)cccc1C(=O)[O-]. The van der Waals surface area contributed by atoms with Crippen molar-refractivity contribution in [3.8, 4) is 0 Å². The van der Waals surface area contributed by atoms with Gasteiger partial charge in [-0.15, -0.1) is 11.3 Å². The standard InChI is InChI=1S/C11H8BrN3O3S/c12-7-3-1-2-6(9(16)17)8(7)14-10(18)15-11-13-4-5-19-11/h1-5H,(H,16,17)(H2,13,14,15,18)/p-1. The highest BCUT2D eigenvalue weighted by atomic mass is 79.9. The zero-order valence-electron chi connectivity index (χ0n) is 9.34. The van der Waals surface area contributed by atoms with E-state index in [9.17, 15) is 14.7 Å². The van der Waals surface area contributed by atoms with E-state index in [0.29, 0.717) is 9.60 Å². The summed E-state index contributed by atoms with van der Waals surface area (Å²) in [5.74, 6) is -1.37. The number of rotatable bonds is 3. The quantitative estimate of drug-likeness (QED) is 0.892. The molecule has 6 nitrogen and oxygen atoms in total. The van der Waals surface area contributed by atoms with Gasteiger partial charge in [-0.1, -0.05) is 12.1 Å². The second-order valence-electron chi connectivity index (χ2n) is 3.37. The molecular formula is C11H7BrN3O3S-. The molecule has 0 unspecified atom stereocenters. The first kappa shape index (κ1) is 13.5. The Kier molecular flexibility index (Phi) is 4.13. The van der Waals surface area contributed by atoms with Gasteiger partial charge in [0.2, 0.25) is 0 Å². The maximum atomic E-state index is 11.7. The number of nitrogens with one attached hydrogen (secondary N) is 2. The van der Waals surface area contributed by atoms with Crippen LogP contribution >= 0.6 is 27.3 Å². The summed E-state index contributed by atoms with van der Waals surface area (Å²) in [7, 11) is 0. The second kappa shape index (κ2) is 5.81. The molecule has 0 aliphatic carbocycles. The molecule has 98 valence electrons. The van der Waals surface area contributed by atoms with Gasteiger partial charge in [0.25, 0.3) is 0 Å². The van der Waals surface area contributed by atoms with Gasteiger partial charge in [0.1, 0.15) is 0 Å². The summed E-state index contributed by atoms with van der Waals surface area (Å²) in [6, 6.07) is 3.92. The van der Waals surface area contributed by atoms with Crippen molar-refractivity contribution >= 4 is 50.1 Å². The fourth-order valence-electron chi connectivity index (χ4n) is 1.35. The van der Waals surface area contributed by atoms with Crippen LogP contribution < -0.4 is 15.7 Å². The highest BCUT2D eigenvalue weighted by Gasteiger charge is 2.11. The molecule has 8 heteroatoms. The third-order valence-corrected chi connectivity index (χ3v) is 3.47. The Morgan fingerprint density at radius 1 is 1.32 bits per heavy atom. The van der Waals surface area contributed by atoms with Gasteiger partial charge in [0, 0.05) is 21.6 Å². The first-order chi connectivity index (χ1) is 9.08. The lowest BCUT2D eigenvalue weighted by atomic mass is 10.2. The van der Waals surface area contributed by atoms with Crippen LogP contribution in [0.15, 0.2) is 34.2 Å². The van der Waals surface area contributed by atoms with E-state index in [4.69, 9.17) is 0 Å². The Bertz CT molecular complexity index is 616. The fourth-order valence-corrected chi connectivity index (χ4v) is 2.34. The van der Waals surface area contributed by atoms with Gasteiger partial charge < -0.3 is 15.2 Å².